The molecule has 1 aromatic heterocycles. The number of carbonyl (C=O) groups is 2. The summed E-state index contributed by atoms with van der Waals surface area (Å²) >= 11 is 0. The fourth-order valence-electron chi connectivity index (χ4n) is 4.98. The molecule has 1 saturated carbocycles. The van der Waals surface area contributed by atoms with Gasteiger partial charge in [0, 0.05) is 18.3 Å². The van der Waals surface area contributed by atoms with E-state index in [1.54, 1.807) is 18.2 Å². The lowest BCUT2D eigenvalue weighted by molar-refractivity contribution is -0.115. The van der Waals surface area contributed by atoms with Gasteiger partial charge in [0.1, 0.15) is 17.3 Å². The van der Waals surface area contributed by atoms with Crippen LogP contribution in [0.5, 0.6) is 17.5 Å². The first kappa shape index (κ1) is 33.9. The molecule has 0 atom stereocenters. The van der Waals surface area contributed by atoms with Gasteiger partial charge in [-0.25, -0.2) is 8.42 Å². The van der Waals surface area contributed by atoms with Crippen LogP contribution in [-0.4, -0.2) is 72.4 Å². The molecule has 6 bridgehead atoms. The smallest absolute Gasteiger partial charge is 0.323 e. The summed E-state index contributed by atoms with van der Waals surface area (Å²) < 4.78 is 42.0. The maximum Gasteiger partial charge on any atom is 0.323 e. The van der Waals surface area contributed by atoms with Gasteiger partial charge in [0.25, 0.3) is 5.91 Å². The third kappa shape index (κ3) is 10.5. The van der Waals surface area contributed by atoms with Gasteiger partial charge in [-0.1, -0.05) is 37.8 Å². The minimum Gasteiger partial charge on any atom is -0.494 e. The normalized spacial score (nSPS) is 16.0. The van der Waals surface area contributed by atoms with Crippen molar-refractivity contribution >= 4 is 39.1 Å². The van der Waals surface area contributed by atoms with Crippen molar-refractivity contribution in [3.63, 3.8) is 0 Å². The molecular formula is C33H42N6O7S. The standard InChI is InChI=1S/C33H42N6O7S/c1-2-44-33-38-31-35-20-23-9-12-26(13-10-23)45-17-7-5-3-4-6-8-18-46-29-19-24(36-32(37-31)39-33)11-16-28(29)30(41)34-21-25(40)22-47(42,43)27-14-15-27/h9-13,16,19,27H,2-8,14-15,17-18,20-22H2,1H3,(H,34,41)(H2,35,36,37,38,39). The van der Waals surface area contributed by atoms with E-state index in [9.17, 15) is 18.0 Å². The molecule has 0 unspecified atom stereocenters. The van der Waals surface area contributed by atoms with E-state index >= 15 is 0 Å². The first-order valence-corrected chi connectivity index (χ1v) is 17.9. The Morgan fingerprint density at radius 2 is 1.62 bits per heavy atom. The van der Waals surface area contributed by atoms with E-state index in [1.165, 1.54) is 0 Å². The summed E-state index contributed by atoms with van der Waals surface area (Å²) in [6.45, 7) is 3.31. The lowest BCUT2D eigenvalue weighted by atomic mass is 10.1. The van der Waals surface area contributed by atoms with Gasteiger partial charge in [-0.05, 0) is 62.4 Å². The lowest BCUT2D eigenvalue weighted by Crippen LogP contribution is -2.33. The molecule has 3 aromatic rings. The van der Waals surface area contributed by atoms with Crippen molar-refractivity contribution < 1.29 is 32.2 Å². The summed E-state index contributed by atoms with van der Waals surface area (Å²) in [5.74, 6) is 0.00102. The highest BCUT2D eigenvalue weighted by Crippen LogP contribution is 2.29. The summed E-state index contributed by atoms with van der Waals surface area (Å²) in [6, 6.07) is 13.0. The number of rotatable bonds is 8. The van der Waals surface area contributed by atoms with Crippen molar-refractivity contribution in [3.8, 4) is 17.5 Å². The van der Waals surface area contributed by atoms with Gasteiger partial charge in [-0.15, -0.1) is 0 Å². The Balaban J connectivity index is 1.33. The number of sulfone groups is 1. The predicted molar refractivity (Wildman–Crippen MR) is 177 cm³/mol. The van der Waals surface area contributed by atoms with Crippen LogP contribution < -0.4 is 30.2 Å². The third-order valence-electron chi connectivity index (χ3n) is 7.65. The first-order chi connectivity index (χ1) is 22.8. The van der Waals surface area contributed by atoms with Gasteiger partial charge in [-0.3, -0.25) is 9.59 Å². The summed E-state index contributed by atoms with van der Waals surface area (Å²) in [5, 5.41) is 8.49. The minimum absolute atomic E-state index is 0.141. The Labute approximate surface area is 275 Å². The second-order valence-electron chi connectivity index (χ2n) is 11.6. The number of benzene rings is 2. The first-order valence-electron chi connectivity index (χ1n) is 16.2. The van der Waals surface area contributed by atoms with Crippen LogP contribution in [0.15, 0.2) is 42.5 Å². The van der Waals surface area contributed by atoms with Crippen molar-refractivity contribution in [1.82, 2.24) is 20.3 Å². The summed E-state index contributed by atoms with van der Waals surface area (Å²) in [4.78, 5) is 38.8. The van der Waals surface area contributed by atoms with Crippen LogP contribution in [0.4, 0.5) is 17.6 Å². The van der Waals surface area contributed by atoms with Crippen molar-refractivity contribution in [2.24, 2.45) is 0 Å². The topological polar surface area (TPSA) is 171 Å². The fourth-order valence-corrected chi connectivity index (χ4v) is 6.62. The molecular weight excluding hydrogens is 624 g/mol. The molecule has 0 spiro atoms. The second kappa shape index (κ2) is 16.4. The molecule has 1 fully saturated rings. The van der Waals surface area contributed by atoms with E-state index in [2.05, 4.69) is 30.9 Å². The number of carbonyl (C=O) groups excluding carboxylic acids is 2. The zero-order valence-electron chi connectivity index (χ0n) is 26.6. The van der Waals surface area contributed by atoms with E-state index in [0.717, 1.165) is 49.8 Å². The molecule has 13 nitrogen and oxygen atoms in total. The Hall–Kier alpha value is -4.46. The van der Waals surface area contributed by atoms with Crippen LogP contribution in [-0.2, 0) is 21.2 Å². The van der Waals surface area contributed by atoms with Crippen molar-refractivity contribution in [2.45, 2.75) is 70.1 Å². The van der Waals surface area contributed by atoms with Gasteiger partial charge < -0.3 is 30.2 Å². The summed E-state index contributed by atoms with van der Waals surface area (Å²) in [5.41, 5.74) is 1.79. The second-order valence-corrected chi connectivity index (χ2v) is 13.9. The summed E-state index contributed by atoms with van der Waals surface area (Å²) in [7, 11) is -3.46. The van der Waals surface area contributed by atoms with Crippen LogP contribution in [0, 0.1) is 0 Å². The van der Waals surface area contributed by atoms with Crippen molar-refractivity contribution in [3.05, 3.63) is 53.6 Å². The molecule has 3 heterocycles. The molecule has 47 heavy (non-hydrogen) atoms. The largest absolute Gasteiger partial charge is 0.494 e. The molecule has 1 aliphatic carbocycles. The van der Waals surface area contributed by atoms with Gasteiger partial charge in [0.2, 0.25) is 11.9 Å². The number of Topliss-reactive ketones (excluding diaryl/α,β-unsaturated/α-hetero) is 1. The number of hydrogen-bond donors (Lipinski definition) is 3. The van der Waals surface area contributed by atoms with Crippen molar-refractivity contribution in [2.75, 3.05) is 42.8 Å². The van der Waals surface area contributed by atoms with Gasteiger partial charge in [0.15, 0.2) is 15.6 Å². The highest BCUT2D eigenvalue weighted by atomic mass is 32.2. The molecule has 2 aromatic carbocycles. The Kier molecular flexibility index (Phi) is 11.8. The zero-order chi connectivity index (χ0) is 33.1. The van der Waals surface area contributed by atoms with Crippen LogP contribution in [0.1, 0.15) is 74.2 Å². The average molecular weight is 667 g/mol. The number of hydrogen-bond acceptors (Lipinski definition) is 12. The van der Waals surface area contributed by atoms with Crippen LogP contribution in [0.3, 0.4) is 0 Å². The Morgan fingerprint density at radius 3 is 2.34 bits per heavy atom. The van der Waals surface area contributed by atoms with Crippen LogP contribution in [0.2, 0.25) is 0 Å². The molecule has 3 N–H and O–H groups in total. The number of fused-ring (bicyclic) bond motifs is 12. The number of aromatic nitrogens is 3. The zero-order valence-corrected chi connectivity index (χ0v) is 27.4. The number of ketones is 1. The van der Waals surface area contributed by atoms with E-state index in [1.807, 2.05) is 31.2 Å². The molecule has 14 heteroatoms. The molecule has 0 radical (unpaired) electrons. The molecule has 3 aliphatic rings. The quantitative estimate of drug-likeness (QED) is 0.305. The lowest BCUT2D eigenvalue weighted by Gasteiger charge is -2.15. The highest BCUT2D eigenvalue weighted by molar-refractivity contribution is 7.93. The molecule has 1 amide bonds. The van der Waals surface area contributed by atoms with E-state index < -0.39 is 32.5 Å². The maximum absolute atomic E-state index is 13.2. The monoisotopic (exact) mass is 666 g/mol. The predicted octanol–water partition coefficient (Wildman–Crippen LogP) is 4.61. The van der Waals surface area contributed by atoms with Gasteiger partial charge >= 0.3 is 6.01 Å². The summed E-state index contributed by atoms with van der Waals surface area (Å²) in [6.07, 6.45) is 7.10. The number of nitrogens with zero attached hydrogens (tertiary/aromatic N) is 3. The molecule has 2 aliphatic heterocycles. The minimum atomic E-state index is -3.46. The number of ether oxygens (including phenoxy) is 3. The number of anilines is 3. The van der Waals surface area contributed by atoms with Crippen LogP contribution >= 0.6 is 0 Å². The highest BCUT2D eigenvalue weighted by Gasteiger charge is 2.36. The third-order valence-corrected chi connectivity index (χ3v) is 9.86. The fraction of sp³-hybridized carbons (Fsp3) is 0.485. The SMILES string of the molecule is CCOc1nc2nc(n1)Nc1ccc(C(=O)NCC(=O)CS(=O)(=O)C3CC3)c(c1)OCCCCCCCCOc1ccc(cc1)CN2. The van der Waals surface area contributed by atoms with Crippen molar-refractivity contribution in [1.29, 1.82) is 0 Å². The Morgan fingerprint density at radius 1 is 0.915 bits per heavy atom. The number of nitrogens with one attached hydrogen (secondary N) is 3. The van der Waals surface area contributed by atoms with Crippen LogP contribution in [0.25, 0.3) is 0 Å². The van der Waals surface area contributed by atoms with E-state index in [4.69, 9.17) is 14.2 Å². The maximum atomic E-state index is 13.2. The van der Waals surface area contributed by atoms with Gasteiger partial charge in [-0.2, -0.15) is 15.0 Å². The Bertz CT molecular complexity index is 1630. The van der Waals surface area contributed by atoms with E-state index in [-0.39, 0.29) is 24.1 Å². The molecule has 6 rings (SSSR count). The molecule has 0 saturated heterocycles. The average Bonchev–Trinajstić information content (AvgIpc) is 3.91. The van der Waals surface area contributed by atoms with Gasteiger partial charge in [0.05, 0.1) is 37.2 Å². The molecule has 252 valence electrons. The number of amides is 1. The van der Waals surface area contributed by atoms with E-state index in [0.29, 0.717) is 56.6 Å².